The second-order valence-corrected chi connectivity index (χ2v) is 4.79. The number of pyridine rings is 1. The predicted molar refractivity (Wildman–Crippen MR) is 82.6 cm³/mol. The van der Waals surface area contributed by atoms with E-state index in [0.717, 1.165) is 17.0 Å². The minimum atomic E-state index is -0.115. The Morgan fingerprint density at radius 3 is 2.76 bits per heavy atom. The number of nitrogens with one attached hydrogen (secondary N) is 1. The number of carbonyl (C=O) groups is 1. The van der Waals surface area contributed by atoms with Crippen molar-refractivity contribution in [3.05, 3.63) is 53.9 Å². The lowest BCUT2D eigenvalue weighted by Crippen LogP contribution is -2.22. The summed E-state index contributed by atoms with van der Waals surface area (Å²) in [4.78, 5) is 17.5. The summed E-state index contributed by atoms with van der Waals surface area (Å²) >= 11 is 0. The van der Waals surface area contributed by atoms with Crippen LogP contribution in [0.4, 0.5) is 5.69 Å². The first kappa shape index (κ1) is 14.8. The zero-order chi connectivity index (χ0) is 15.2. The highest BCUT2D eigenvalue weighted by Crippen LogP contribution is 2.19. The van der Waals surface area contributed by atoms with Gasteiger partial charge in [0.15, 0.2) is 0 Å². The van der Waals surface area contributed by atoms with E-state index in [9.17, 15) is 4.79 Å². The van der Waals surface area contributed by atoms with Gasteiger partial charge in [-0.15, -0.1) is 0 Å². The first-order valence-corrected chi connectivity index (χ1v) is 6.65. The Bertz CT molecular complexity index is 626. The average molecular weight is 285 g/mol. The lowest BCUT2D eigenvalue weighted by atomic mass is 10.2. The average Bonchev–Trinajstić information content (AvgIpc) is 2.52. The van der Waals surface area contributed by atoms with Crippen LogP contribution in [0.5, 0.6) is 5.75 Å². The van der Waals surface area contributed by atoms with E-state index in [1.54, 1.807) is 33.5 Å². The molecule has 0 fully saturated rings. The van der Waals surface area contributed by atoms with Gasteiger partial charge in [-0.1, -0.05) is 18.2 Å². The predicted octanol–water partition coefficient (Wildman–Crippen LogP) is 2.40. The van der Waals surface area contributed by atoms with Gasteiger partial charge in [-0.3, -0.25) is 9.78 Å². The molecule has 110 valence electrons. The molecular formula is C16H19N3O2. The molecule has 0 radical (unpaired) electrons. The zero-order valence-corrected chi connectivity index (χ0v) is 12.5. The van der Waals surface area contributed by atoms with Crippen molar-refractivity contribution in [1.29, 1.82) is 0 Å². The summed E-state index contributed by atoms with van der Waals surface area (Å²) in [6.07, 6.45) is 1.63. The summed E-state index contributed by atoms with van der Waals surface area (Å²) in [5, 5.41) is 3.28. The molecule has 1 aromatic carbocycles. The molecule has 0 saturated heterocycles. The minimum absolute atomic E-state index is 0.115. The smallest absolute Gasteiger partial charge is 0.272 e. The summed E-state index contributed by atoms with van der Waals surface area (Å²) < 4.78 is 5.31. The molecule has 0 unspecified atom stereocenters. The Kier molecular flexibility index (Phi) is 4.77. The normalized spacial score (nSPS) is 10.0. The molecule has 0 aliphatic rings. The molecular weight excluding hydrogens is 266 g/mol. The van der Waals surface area contributed by atoms with Crippen molar-refractivity contribution >= 4 is 11.6 Å². The zero-order valence-electron chi connectivity index (χ0n) is 12.5. The van der Waals surface area contributed by atoms with Crippen molar-refractivity contribution in [3.63, 3.8) is 0 Å². The molecule has 2 aromatic rings. The maximum Gasteiger partial charge on any atom is 0.272 e. The maximum atomic E-state index is 11.9. The summed E-state index contributed by atoms with van der Waals surface area (Å²) in [6.45, 7) is 0.615. The third-order valence-electron chi connectivity index (χ3n) is 3.06. The van der Waals surface area contributed by atoms with Gasteiger partial charge in [0.2, 0.25) is 0 Å². The Balaban J connectivity index is 2.10. The van der Waals surface area contributed by atoms with Gasteiger partial charge in [0.25, 0.3) is 5.91 Å². The second-order valence-electron chi connectivity index (χ2n) is 4.79. The summed E-state index contributed by atoms with van der Waals surface area (Å²) in [5.74, 6) is 0.722. The van der Waals surface area contributed by atoms with Gasteiger partial charge in [0.1, 0.15) is 11.4 Å². The van der Waals surface area contributed by atoms with Gasteiger partial charge in [-0.2, -0.15) is 0 Å². The van der Waals surface area contributed by atoms with Crippen molar-refractivity contribution in [2.75, 3.05) is 26.5 Å². The molecule has 1 amide bonds. The van der Waals surface area contributed by atoms with Crippen LogP contribution in [0.15, 0.2) is 42.6 Å². The van der Waals surface area contributed by atoms with Crippen molar-refractivity contribution < 1.29 is 9.53 Å². The van der Waals surface area contributed by atoms with E-state index < -0.39 is 0 Å². The number of para-hydroxylation sites is 1. The molecule has 1 N–H and O–H groups in total. The summed E-state index contributed by atoms with van der Waals surface area (Å²) in [5.41, 5.74) is 2.32. The topological polar surface area (TPSA) is 54.5 Å². The van der Waals surface area contributed by atoms with Crippen molar-refractivity contribution in [2.45, 2.75) is 6.54 Å². The fourth-order valence-electron chi connectivity index (χ4n) is 1.93. The molecule has 0 saturated carbocycles. The van der Waals surface area contributed by atoms with Crippen LogP contribution < -0.4 is 10.1 Å². The van der Waals surface area contributed by atoms with E-state index in [2.05, 4.69) is 10.3 Å². The number of carbonyl (C=O) groups excluding carboxylic acids is 1. The fourth-order valence-corrected chi connectivity index (χ4v) is 1.93. The first-order valence-electron chi connectivity index (χ1n) is 6.65. The van der Waals surface area contributed by atoms with Crippen LogP contribution in [-0.2, 0) is 6.54 Å². The van der Waals surface area contributed by atoms with Gasteiger partial charge in [0, 0.05) is 38.1 Å². The number of nitrogens with zero attached hydrogens (tertiary/aromatic N) is 2. The lowest BCUT2D eigenvalue weighted by Gasteiger charge is -2.12. The Morgan fingerprint density at radius 1 is 1.29 bits per heavy atom. The van der Waals surface area contributed by atoms with E-state index in [-0.39, 0.29) is 5.91 Å². The number of benzene rings is 1. The Labute approximate surface area is 124 Å². The minimum Gasteiger partial charge on any atom is -0.496 e. The number of methoxy groups -OCH3 is 1. The quantitative estimate of drug-likeness (QED) is 0.916. The molecule has 0 spiro atoms. The summed E-state index contributed by atoms with van der Waals surface area (Å²) in [7, 11) is 5.07. The third-order valence-corrected chi connectivity index (χ3v) is 3.06. The van der Waals surface area contributed by atoms with E-state index in [0.29, 0.717) is 12.2 Å². The van der Waals surface area contributed by atoms with Crippen LogP contribution in [0.1, 0.15) is 16.1 Å². The second kappa shape index (κ2) is 6.74. The monoisotopic (exact) mass is 285 g/mol. The fraction of sp³-hybridized carbons (Fsp3) is 0.250. The summed E-state index contributed by atoms with van der Waals surface area (Å²) in [6, 6.07) is 11.4. The number of ether oxygens (including phenoxy) is 1. The highest BCUT2D eigenvalue weighted by molar-refractivity contribution is 5.92. The van der Waals surface area contributed by atoms with Crippen molar-refractivity contribution in [2.24, 2.45) is 0 Å². The number of hydrogen-bond acceptors (Lipinski definition) is 4. The standard InChI is InChI=1S/C16H19N3O2/c1-19(2)16(20)14-10-13(8-9-17-14)18-11-12-6-4-5-7-15(12)21-3/h4-10H,11H2,1-3H3,(H,17,18). The number of rotatable bonds is 5. The Hall–Kier alpha value is -2.56. The molecule has 0 aliphatic carbocycles. The molecule has 5 heteroatoms. The van der Waals surface area contributed by atoms with E-state index >= 15 is 0 Å². The van der Waals surface area contributed by atoms with Gasteiger partial charge in [-0.05, 0) is 18.2 Å². The van der Waals surface area contributed by atoms with Gasteiger partial charge < -0.3 is 15.0 Å². The van der Waals surface area contributed by atoms with Gasteiger partial charge in [0.05, 0.1) is 7.11 Å². The molecule has 5 nitrogen and oxygen atoms in total. The van der Waals surface area contributed by atoms with Gasteiger partial charge in [-0.25, -0.2) is 0 Å². The van der Waals surface area contributed by atoms with Crippen LogP contribution in [0, 0.1) is 0 Å². The highest BCUT2D eigenvalue weighted by Gasteiger charge is 2.10. The number of amides is 1. The van der Waals surface area contributed by atoms with Crippen LogP contribution >= 0.6 is 0 Å². The molecule has 0 atom stereocenters. The van der Waals surface area contributed by atoms with E-state index in [4.69, 9.17) is 4.74 Å². The van der Waals surface area contributed by atoms with E-state index in [1.165, 1.54) is 4.90 Å². The maximum absolute atomic E-state index is 11.9. The first-order chi connectivity index (χ1) is 10.1. The van der Waals surface area contributed by atoms with Crippen molar-refractivity contribution in [3.8, 4) is 5.75 Å². The van der Waals surface area contributed by atoms with Gasteiger partial charge >= 0.3 is 0 Å². The number of anilines is 1. The molecule has 1 heterocycles. The van der Waals surface area contributed by atoms with E-state index in [1.807, 2.05) is 30.3 Å². The number of aromatic nitrogens is 1. The van der Waals surface area contributed by atoms with Crippen LogP contribution in [0.3, 0.4) is 0 Å². The molecule has 21 heavy (non-hydrogen) atoms. The Morgan fingerprint density at radius 2 is 2.05 bits per heavy atom. The molecule has 0 aliphatic heterocycles. The lowest BCUT2D eigenvalue weighted by molar-refractivity contribution is 0.0822. The van der Waals surface area contributed by atoms with Crippen LogP contribution in [0.25, 0.3) is 0 Å². The van der Waals surface area contributed by atoms with Crippen LogP contribution in [-0.4, -0.2) is 37.0 Å². The third kappa shape index (κ3) is 3.72. The van der Waals surface area contributed by atoms with Crippen molar-refractivity contribution in [1.82, 2.24) is 9.88 Å². The molecule has 1 aromatic heterocycles. The van der Waals surface area contributed by atoms with Crippen LogP contribution in [0.2, 0.25) is 0 Å². The molecule has 0 bridgehead atoms. The SMILES string of the molecule is COc1ccccc1CNc1ccnc(C(=O)N(C)C)c1. The highest BCUT2D eigenvalue weighted by atomic mass is 16.5. The number of hydrogen-bond donors (Lipinski definition) is 1. The molecule has 2 rings (SSSR count). The largest absolute Gasteiger partial charge is 0.496 e.